The fourth-order valence-corrected chi connectivity index (χ4v) is 4.43. The lowest BCUT2D eigenvalue weighted by Gasteiger charge is -2.53. The van der Waals surface area contributed by atoms with Gasteiger partial charge in [-0.15, -0.1) is 0 Å². The molecule has 0 N–H and O–H groups in total. The lowest BCUT2D eigenvalue weighted by Crippen LogP contribution is -2.62. The highest BCUT2D eigenvalue weighted by molar-refractivity contribution is 5.52. The molecule has 2 heterocycles. The van der Waals surface area contributed by atoms with Crippen molar-refractivity contribution in [2.75, 3.05) is 33.2 Å². The maximum atomic E-state index is 11.4. The molecule has 1 atom stereocenters. The van der Waals surface area contributed by atoms with E-state index in [2.05, 4.69) is 9.80 Å². The molecule has 27 heavy (non-hydrogen) atoms. The Balaban J connectivity index is 1.93. The van der Waals surface area contributed by atoms with Crippen LogP contribution in [-0.2, 0) is 12.0 Å². The predicted molar refractivity (Wildman–Crippen MR) is 99.7 cm³/mol. The smallest absolute Gasteiger partial charge is 0.269 e. The summed E-state index contributed by atoms with van der Waals surface area (Å²) in [6.45, 7) is 3.29. The van der Waals surface area contributed by atoms with Gasteiger partial charge in [0.05, 0.1) is 15.4 Å². The van der Waals surface area contributed by atoms with Gasteiger partial charge >= 0.3 is 0 Å². The Kier molecular flexibility index (Phi) is 4.16. The van der Waals surface area contributed by atoms with E-state index in [1.54, 1.807) is 24.3 Å². The van der Waals surface area contributed by atoms with Crippen LogP contribution < -0.4 is 0 Å². The molecule has 1 saturated heterocycles. The summed E-state index contributed by atoms with van der Waals surface area (Å²) in [5.74, 6) is 0. The largest absolute Gasteiger partial charge is 0.303 e. The van der Waals surface area contributed by atoms with Crippen LogP contribution in [0.1, 0.15) is 16.7 Å². The van der Waals surface area contributed by atoms with Crippen LogP contribution in [0, 0.1) is 20.2 Å². The third-order valence-electron chi connectivity index (χ3n) is 5.75. The second kappa shape index (κ2) is 6.40. The molecule has 8 nitrogen and oxygen atoms in total. The van der Waals surface area contributed by atoms with Crippen LogP contribution in [-0.4, -0.2) is 52.9 Å². The number of non-ortho nitro benzene ring substituents is 2. The summed E-state index contributed by atoms with van der Waals surface area (Å²) >= 11 is 0. The van der Waals surface area contributed by atoms with E-state index in [4.69, 9.17) is 0 Å². The zero-order chi connectivity index (χ0) is 19.2. The van der Waals surface area contributed by atoms with Gasteiger partial charge in [0.1, 0.15) is 0 Å². The Morgan fingerprint density at radius 2 is 1.59 bits per heavy atom. The molecule has 0 bridgehead atoms. The third kappa shape index (κ3) is 2.77. The van der Waals surface area contributed by atoms with Gasteiger partial charge in [0.15, 0.2) is 0 Å². The van der Waals surface area contributed by atoms with Gasteiger partial charge in [0.25, 0.3) is 11.4 Å². The average molecular weight is 368 g/mol. The van der Waals surface area contributed by atoms with Crippen LogP contribution in [0.3, 0.4) is 0 Å². The Labute approximate surface area is 156 Å². The highest BCUT2D eigenvalue weighted by Crippen LogP contribution is 2.44. The summed E-state index contributed by atoms with van der Waals surface area (Å²) in [5, 5.41) is 22.4. The standard InChI is InChI=1S/C19H20N4O4/c1-20-10-11-21-9-8-14-2-5-17(23(26)27)12-18(14)19(21,13-20)15-3-6-16(7-4-15)22(24)25/h2-7,12H,8-11,13H2,1H3. The fourth-order valence-electron chi connectivity index (χ4n) is 4.43. The second-order valence-corrected chi connectivity index (χ2v) is 7.24. The van der Waals surface area contributed by atoms with Crippen molar-refractivity contribution < 1.29 is 9.85 Å². The summed E-state index contributed by atoms with van der Waals surface area (Å²) in [6.07, 6.45) is 0.839. The van der Waals surface area contributed by atoms with Gasteiger partial charge in [0, 0.05) is 50.4 Å². The summed E-state index contributed by atoms with van der Waals surface area (Å²) in [6, 6.07) is 11.7. The van der Waals surface area contributed by atoms with Gasteiger partial charge in [-0.2, -0.15) is 0 Å². The Hall–Kier alpha value is -2.84. The first-order valence-electron chi connectivity index (χ1n) is 8.88. The van der Waals surface area contributed by atoms with Crippen molar-refractivity contribution in [1.82, 2.24) is 9.80 Å². The number of benzene rings is 2. The summed E-state index contributed by atoms with van der Waals surface area (Å²) < 4.78 is 0. The van der Waals surface area contributed by atoms with Crippen LogP contribution >= 0.6 is 0 Å². The van der Waals surface area contributed by atoms with Crippen LogP contribution in [0.15, 0.2) is 42.5 Å². The predicted octanol–water partition coefficient (Wildman–Crippen LogP) is 2.55. The van der Waals surface area contributed by atoms with E-state index in [1.807, 2.05) is 13.1 Å². The minimum Gasteiger partial charge on any atom is -0.303 e. The molecule has 2 aromatic rings. The molecular weight excluding hydrogens is 348 g/mol. The fraction of sp³-hybridized carbons (Fsp3) is 0.368. The van der Waals surface area contributed by atoms with Crippen molar-refractivity contribution in [2.45, 2.75) is 12.0 Å². The molecule has 2 aliphatic heterocycles. The number of hydrogen-bond acceptors (Lipinski definition) is 6. The van der Waals surface area contributed by atoms with E-state index in [1.165, 1.54) is 12.1 Å². The number of likely N-dealkylation sites (N-methyl/N-ethyl adjacent to an activating group) is 1. The molecule has 0 saturated carbocycles. The van der Waals surface area contributed by atoms with Crippen LogP contribution in [0.25, 0.3) is 0 Å². The summed E-state index contributed by atoms with van der Waals surface area (Å²) in [4.78, 5) is 26.2. The van der Waals surface area contributed by atoms with Gasteiger partial charge in [-0.3, -0.25) is 25.1 Å². The van der Waals surface area contributed by atoms with Crippen LogP contribution in [0.4, 0.5) is 11.4 Å². The third-order valence-corrected chi connectivity index (χ3v) is 5.75. The minimum atomic E-state index is -0.540. The number of hydrogen-bond donors (Lipinski definition) is 0. The molecule has 0 aliphatic carbocycles. The Bertz CT molecular complexity index is 914. The van der Waals surface area contributed by atoms with Crippen molar-refractivity contribution in [3.8, 4) is 0 Å². The van der Waals surface area contributed by atoms with E-state index < -0.39 is 10.5 Å². The van der Waals surface area contributed by atoms with Crippen molar-refractivity contribution in [3.63, 3.8) is 0 Å². The van der Waals surface area contributed by atoms with Gasteiger partial charge in [0.2, 0.25) is 0 Å². The Morgan fingerprint density at radius 1 is 0.926 bits per heavy atom. The normalized spacial score (nSPS) is 22.7. The highest BCUT2D eigenvalue weighted by Gasteiger charge is 2.47. The van der Waals surface area contributed by atoms with E-state index in [0.29, 0.717) is 6.54 Å². The molecule has 8 heteroatoms. The lowest BCUT2D eigenvalue weighted by molar-refractivity contribution is -0.385. The van der Waals surface area contributed by atoms with Gasteiger partial charge in [-0.05, 0) is 42.3 Å². The number of fused-ring (bicyclic) bond motifs is 3. The second-order valence-electron chi connectivity index (χ2n) is 7.24. The molecule has 1 fully saturated rings. The molecule has 0 amide bonds. The average Bonchev–Trinajstić information content (AvgIpc) is 2.67. The van der Waals surface area contributed by atoms with Crippen LogP contribution in [0.5, 0.6) is 0 Å². The van der Waals surface area contributed by atoms with Gasteiger partial charge in [-0.25, -0.2) is 0 Å². The van der Waals surface area contributed by atoms with E-state index in [-0.39, 0.29) is 16.3 Å². The SMILES string of the molecule is CN1CCN2CCc3ccc([N+](=O)[O-])cc3C2(c2ccc([N+](=O)[O-])cc2)C1. The van der Waals surface area contributed by atoms with Gasteiger partial charge < -0.3 is 4.90 Å². The topological polar surface area (TPSA) is 92.8 Å². The number of rotatable bonds is 3. The molecular formula is C19H20N4O4. The summed E-state index contributed by atoms with van der Waals surface area (Å²) in [7, 11) is 2.04. The molecule has 2 aliphatic rings. The molecule has 0 radical (unpaired) electrons. The molecule has 0 aromatic heterocycles. The first kappa shape index (κ1) is 17.6. The number of piperazine rings is 1. The minimum absolute atomic E-state index is 0.0425. The molecule has 140 valence electrons. The van der Waals surface area contributed by atoms with Crippen molar-refractivity contribution >= 4 is 11.4 Å². The van der Waals surface area contributed by atoms with E-state index in [9.17, 15) is 20.2 Å². The molecule has 2 aromatic carbocycles. The van der Waals surface area contributed by atoms with E-state index in [0.717, 1.165) is 42.7 Å². The van der Waals surface area contributed by atoms with Crippen LogP contribution in [0.2, 0.25) is 0 Å². The molecule has 0 spiro atoms. The quantitative estimate of drug-likeness (QED) is 0.611. The number of nitrogens with zero attached hydrogens (tertiary/aromatic N) is 4. The maximum absolute atomic E-state index is 11.4. The first-order valence-corrected chi connectivity index (χ1v) is 8.88. The van der Waals surface area contributed by atoms with E-state index >= 15 is 0 Å². The zero-order valence-electron chi connectivity index (χ0n) is 15.0. The maximum Gasteiger partial charge on any atom is 0.269 e. The van der Waals surface area contributed by atoms with Crippen molar-refractivity contribution in [3.05, 3.63) is 79.4 Å². The molecule has 4 rings (SSSR count). The molecule has 1 unspecified atom stereocenters. The highest BCUT2D eigenvalue weighted by atomic mass is 16.6. The zero-order valence-corrected chi connectivity index (χ0v) is 15.0. The summed E-state index contributed by atoms with van der Waals surface area (Å²) in [5.41, 5.74) is 2.54. The lowest BCUT2D eigenvalue weighted by atomic mass is 9.74. The first-order chi connectivity index (χ1) is 12.9. The monoisotopic (exact) mass is 368 g/mol. The Morgan fingerprint density at radius 3 is 2.26 bits per heavy atom. The van der Waals surface area contributed by atoms with Crippen molar-refractivity contribution in [1.29, 1.82) is 0 Å². The number of nitro benzene ring substituents is 2. The van der Waals surface area contributed by atoms with Gasteiger partial charge in [-0.1, -0.05) is 6.07 Å². The number of nitro groups is 2. The van der Waals surface area contributed by atoms with Crippen molar-refractivity contribution in [2.24, 2.45) is 0 Å².